The molecule has 0 spiro atoms. The van der Waals surface area contributed by atoms with Crippen LogP contribution in [0.2, 0.25) is 0 Å². The van der Waals surface area contributed by atoms with Gasteiger partial charge in [-0.3, -0.25) is 0 Å². The molecule has 0 aliphatic heterocycles. The highest BCUT2D eigenvalue weighted by Crippen LogP contribution is 2.18. The van der Waals surface area contributed by atoms with Gasteiger partial charge in [-0.15, -0.1) is 0 Å². The van der Waals surface area contributed by atoms with Gasteiger partial charge in [-0.1, -0.05) is 18.8 Å². The van der Waals surface area contributed by atoms with Crippen LogP contribution in [0.15, 0.2) is 18.2 Å². The van der Waals surface area contributed by atoms with E-state index >= 15 is 0 Å². The molecule has 0 radical (unpaired) electrons. The van der Waals surface area contributed by atoms with Gasteiger partial charge in [-0.05, 0) is 12.1 Å². The summed E-state index contributed by atoms with van der Waals surface area (Å²) in [6, 6.07) is 4.19. The minimum Gasteiger partial charge on any atom is -0.490 e. The first-order valence-corrected chi connectivity index (χ1v) is 4.80. The van der Waals surface area contributed by atoms with E-state index in [0.29, 0.717) is 11.3 Å². The van der Waals surface area contributed by atoms with Crippen molar-refractivity contribution in [3.63, 3.8) is 0 Å². The summed E-state index contributed by atoms with van der Waals surface area (Å²) in [7, 11) is 0. The number of hydrogen-bond donors (Lipinski definition) is 1. The second-order valence-electron chi connectivity index (χ2n) is 2.87. The molecule has 0 unspecified atom stereocenters. The molecule has 1 N–H and O–H groups in total. The highest BCUT2D eigenvalue weighted by Gasteiger charge is 2.02. The summed E-state index contributed by atoms with van der Waals surface area (Å²) in [5.41, 5.74) is 0.645. The maximum atomic E-state index is 12.9. The molecule has 3 heteroatoms. The Bertz CT molecular complexity index is 377. The maximum absolute atomic E-state index is 12.9. The fourth-order valence-electron chi connectivity index (χ4n) is 1.06. The smallest absolute Gasteiger partial charge is 0.137 e. The molecule has 1 rings (SSSR count). The zero-order valence-electron chi connectivity index (χ0n) is 8.59. The van der Waals surface area contributed by atoms with E-state index in [9.17, 15) is 4.39 Å². The van der Waals surface area contributed by atoms with Gasteiger partial charge in [-0.25, -0.2) is 4.39 Å². The second-order valence-corrected chi connectivity index (χ2v) is 2.87. The van der Waals surface area contributed by atoms with E-state index in [4.69, 9.17) is 9.84 Å². The number of benzene rings is 1. The van der Waals surface area contributed by atoms with E-state index in [1.54, 1.807) is 6.07 Å². The topological polar surface area (TPSA) is 29.5 Å². The first kappa shape index (κ1) is 11.5. The molecule has 0 aromatic heterocycles. The number of rotatable bonds is 3. The van der Waals surface area contributed by atoms with Gasteiger partial charge in [-0.2, -0.15) is 0 Å². The van der Waals surface area contributed by atoms with Crippen LogP contribution < -0.4 is 4.74 Å². The Balaban J connectivity index is 2.92. The molecule has 0 saturated heterocycles. The summed E-state index contributed by atoms with van der Waals surface area (Å²) in [6.07, 6.45) is 0.733. The average Bonchev–Trinajstić information content (AvgIpc) is 2.25. The Kier molecular flexibility index (Phi) is 4.65. The number of aliphatic hydroxyl groups excluding tert-OH is 1. The summed E-state index contributed by atoms with van der Waals surface area (Å²) < 4.78 is 18.1. The molecule has 0 fully saturated rings. The maximum Gasteiger partial charge on any atom is 0.137 e. The number of hydrogen-bond acceptors (Lipinski definition) is 2. The Morgan fingerprint density at radius 3 is 2.93 bits per heavy atom. The van der Waals surface area contributed by atoms with E-state index in [0.717, 1.165) is 6.42 Å². The molecule has 2 nitrogen and oxygen atoms in total. The van der Waals surface area contributed by atoms with E-state index in [-0.39, 0.29) is 19.0 Å². The summed E-state index contributed by atoms with van der Waals surface area (Å²) in [6.45, 7) is 1.98. The summed E-state index contributed by atoms with van der Waals surface area (Å²) in [5, 5.41) is 8.61. The zero-order chi connectivity index (χ0) is 11.1. The largest absolute Gasteiger partial charge is 0.490 e. The van der Waals surface area contributed by atoms with Crippen LogP contribution in [0.1, 0.15) is 18.9 Å². The van der Waals surface area contributed by atoms with Crippen LogP contribution in [0, 0.1) is 17.7 Å². The Hall–Kier alpha value is -1.53. The summed E-state index contributed by atoms with van der Waals surface area (Å²) >= 11 is 0. The highest BCUT2D eigenvalue weighted by molar-refractivity contribution is 5.46. The van der Waals surface area contributed by atoms with Crippen LogP contribution in [-0.4, -0.2) is 18.3 Å². The molecule has 0 amide bonds. The standard InChI is InChI=1S/C12H13FO2/c1-2-3-4-10-5-6-11(13)9-12(10)15-8-7-14/h5-6,9,14H,2,7-8H2,1H3. The second kappa shape index (κ2) is 6.05. The van der Waals surface area contributed by atoms with Gasteiger partial charge in [0.15, 0.2) is 0 Å². The van der Waals surface area contributed by atoms with Gasteiger partial charge in [0.1, 0.15) is 18.2 Å². The lowest BCUT2D eigenvalue weighted by atomic mass is 10.2. The third-order valence-electron chi connectivity index (χ3n) is 1.69. The zero-order valence-corrected chi connectivity index (χ0v) is 8.59. The van der Waals surface area contributed by atoms with E-state index in [1.165, 1.54) is 12.1 Å². The van der Waals surface area contributed by atoms with Crippen LogP contribution in [0.5, 0.6) is 5.75 Å². The van der Waals surface area contributed by atoms with Crippen molar-refractivity contribution in [1.29, 1.82) is 0 Å². The minimum absolute atomic E-state index is 0.100. The lowest BCUT2D eigenvalue weighted by molar-refractivity contribution is 0.200. The lowest BCUT2D eigenvalue weighted by Crippen LogP contribution is -2.03. The van der Waals surface area contributed by atoms with Crippen molar-refractivity contribution >= 4 is 0 Å². The molecule has 0 atom stereocenters. The summed E-state index contributed by atoms with van der Waals surface area (Å²) in [4.78, 5) is 0. The summed E-state index contributed by atoms with van der Waals surface area (Å²) in [5.74, 6) is 5.77. The van der Waals surface area contributed by atoms with Crippen molar-refractivity contribution in [3.8, 4) is 17.6 Å². The van der Waals surface area contributed by atoms with Crippen LogP contribution in [0.3, 0.4) is 0 Å². The van der Waals surface area contributed by atoms with Gasteiger partial charge in [0.05, 0.1) is 12.2 Å². The Morgan fingerprint density at radius 2 is 2.27 bits per heavy atom. The van der Waals surface area contributed by atoms with Crippen molar-refractivity contribution in [2.45, 2.75) is 13.3 Å². The van der Waals surface area contributed by atoms with Crippen molar-refractivity contribution in [2.24, 2.45) is 0 Å². The van der Waals surface area contributed by atoms with Crippen LogP contribution in [0.4, 0.5) is 4.39 Å². The number of ether oxygens (including phenoxy) is 1. The molecule has 1 aromatic carbocycles. The SMILES string of the molecule is CCC#Cc1ccc(F)cc1OCCO. The molecule has 15 heavy (non-hydrogen) atoms. The molecular formula is C12H13FO2. The van der Waals surface area contributed by atoms with Crippen LogP contribution in [-0.2, 0) is 0 Å². The molecule has 80 valence electrons. The highest BCUT2D eigenvalue weighted by atomic mass is 19.1. The molecule has 0 saturated carbocycles. The normalized spacial score (nSPS) is 9.27. The monoisotopic (exact) mass is 208 g/mol. The van der Waals surface area contributed by atoms with Crippen molar-refractivity contribution in [2.75, 3.05) is 13.2 Å². The number of halogens is 1. The minimum atomic E-state index is -0.370. The lowest BCUT2D eigenvalue weighted by Gasteiger charge is -2.06. The molecular weight excluding hydrogens is 195 g/mol. The molecule has 1 aromatic rings. The van der Waals surface area contributed by atoms with Crippen LogP contribution >= 0.6 is 0 Å². The predicted octanol–water partition coefficient (Wildman–Crippen LogP) is 1.96. The van der Waals surface area contributed by atoms with Gasteiger partial charge < -0.3 is 9.84 Å². The van der Waals surface area contributed by atoms with E-state index < -0.39 is 0 Å². The van der Waals surface area contributed by atoms with Gasteiger partial charge in [0.25, 0.3) is 0 Å². The Morgan fingerprint density at radius 1 is 1.47 bits per heavy atom. The molecule has 0 aliphatic rings. The van der Waals surface area contributed by atoms with Gasteiger partial charge in [0.2, 0.25) is 0 Å². The Labute approximate surface area is 88.7 Å². The third kappa shape index (κ3) is 3.61. The van der Waals surface area contributed by atoms with E-state index in [2.05, 4.69) is 11.8 Å². The predicted molar refractivity (Wildman–Crippen MR) is 56.1 cm³/mol. The first-order chi connectivity index (χ1) is 7.27. The fourth-order valence-corrected chi connectivity index (χ4v) is 1.06. The van der Waals surface area contributed by atoms with Gasteiger partial charge >= 0.3 is 0 Å². The van der Waals surface area contributed by atoms with Crippen LogP contribution in [0.25, 0.3) is 0 Å². The van der Waals surface area contributed by atoms with Crippen molar-refractivity contribution < 1.29 is 14.2 Å². The third-order valence-corrected chi connectivity index (χ3v) is 1.69. The first-order valence-electron chi connectivity index (χ1n) is 4.80. The fraction of sp³-hybridized carbons (Fsp3) is 0.333. The molecule has 0 heterocycles. The number of aliphatic hydroxyl groups is 1. The molecule has 0 aliphatic carbocycles. The van der Waals surface area contributed by atoms with E-state index in [1.807, 2.05) is 6.92 Å². The molecule has 0 bridgehead atoms. The average molecular weight is 208 g/mol. The quantitative estimate of drug-likeness (QED) is 0.769. The van der Waals surface area contributed by atoms with Crippen molar-refractivity contribution in [1.82, 2.24) is 0 Å². The van der Waals surface area contributed by atoms with Gasteiger partial charge in [0, 0.05) is 12.5 Å². The van der Waals surface area contributed by atoms with Crippen molar-refractivity contribution in [3.05, 3.63) is 29.6 Å².